The zero-order valence-electron chi connectivity index (χ0n) is 11.6. The van der Waals surface area contributed by atoms with E-state index in [1.807, 2.05) is 0 Å². The van der Waals surface area contributed by atoms with Crippen molar-refractivity contribution in [2.24, 2.45) is 11.8 Å². The summed E-state index contributed by atoms with van der Waals surface area (Å²) in [7, 11) is 1.29. The van der Waals surface area contributed by atoms with Crippen molar-refractivity contribution in [3.63, 3.8) is 0 Å². The number of methoxy groups -OCH3 is 1. The fraction of sp³-hybridized carbons (Fsp3) is 0.786. The molecule has 1 saturated carbocycles. The average Bonchev–Trinajstić information content (AvgIpc) is 2.79. The molecule has 0 radical (unpaired) electrons. The first kappa shape index (κ1) is 14.0. The highest BCUT2D eigenvalue weighted by Gasteiger charge is 2.44. The summed E-state index contributed by atoms with van der Waals surface area (Å²) < 4.78 is 4.69. The van der Waals surface area contributed by atoms with Crippen LogP contribution in [0.15, 0.2) is 0 Å². The lowest BCUT2D eigenvalue weighted by Gasteiger charge is -2.32. The predicted octanol–water partition coefficient (Wildman–Crippen LogP) is 1.50. The van der Waals surface area contributed by atoms with Gasteiger partial charge in [0, 0.05) is 12.3 Å². The summed E-state index contributed by atoms with van der Waals surface area (Å²) in [5.41, 5.74) is 0. The van der Waals surface area contributed by atoms with Gasteiger partial charge in [-0.2, -0.15) is 0 Å². The number of amides is 2. The van der Waals surface area contributed by atoms with Gasteiger partial charge in [0.2, 0.25) is 11.8 Å². The Balaban J connectivity index is 2.15. The fourth-order valence-electron chi connectivity index (χ4n) is 3.18. The van der Waals surface area contributed by atoms with Crippen molar-refractivity contribution < 1.29 is 19.1 Å². The number of carbonyl (C=O) groups is 3. The van der Waals surface area contributed by atoms with Crippen LogP contribution < -0.4 is 0 Å². The van der Waals surface area contributed by atoms with Gasteiger partial charge in [-0.3, -0.25) is 14.5 Å². The van der Waals surface area contributed by atoms with Gasteiger partial charge in [-0.15, -0.1) is 0 Å². The van der Waals surface area contributed by atoms with E-state index in [1.165, 1.54) is 7.11 Å². The van der Waals surface area contributed by atoms with E-state index in [2.05, 4.69) is 6.92 Å². The summed E-state index contributed by atoms with van der Waals surface area (Å²) in [6.07, 6.45) is 4.63. The van der Waals surface area contributed by atoms with Crippen LogP contribution in [0, 0.1) is 11.8 Å². The summed E-state index contributed by atoms with van der Waals surface area (Å²) >= 11 is 0. The van der Waals surface area contributed by atoms with Crippen molar-refractivity contribution in [1.29, 1.82) is 0 Å². The molecule has 0 unspecified atom stereocenters. The smallest absolute Gasteiger partial charge is 0.329 e. The summed E-state index contributed by atoms with van der Waals surface area (Å²) in [5, 5.41) is 0. The van der Waals surface area contributed by atoms with Crippen LogP contribution in [-0.2, 0) is 19.1 Å². The zero-order chi connectivity index (χ0) is 14.0. The van der Waals surface area contributed by atoms with E-state index >= 15 is 0 Å². The van der Waals surface area contributed by atoms with Gasteiger partial charge >= 0.3 is 5.97 Å². The Labute approximate surface area is 113 Å². The monoisotopic (exact) mass is 267 g/mol. The van der Waals surface area contributed by atoms with Gasteiger partial charge < -0.3 is 4.74 Å². The highest BCUT2D eigenvalue weighted by molar-refractivity contribution is 6.02. The Morgan fingerprint density at radius 3 is 2.53 bits per heavy atom. The van der Waals surface area contributed by atoms with Gasteiger partial charge in [0.05, 0.1) is 7.11 Å². The third-order valence-electron chi connectivity index (χ3n) is 4.35. The molecule has 0 aromatic heterocycles. The molecule has 2 amide bonds. The van der Waals surface area contributed by atoms with Crippen LogP contribution in [0.4, 0.5) is 0 Å². The van der Waals surface area contributed by atoms with Crippen LogP contribution in [0.5, 0.6) is 0 Å². The number of carbonyl (C=O) groups excluding carboxylic acids is 3. The molecule has 1 aliphatic heterocycles. The zero-order valence-corrected chi connectivity index (χ0v) is 11.6. The number of likely N-dealkylation sites (tertiary alicyclic amines) is 1. The second kappa shape index (κ2) is 5.72. The van der Waals surface area contributed by atoms with Crippen molar-refractivity contribution in [2.45, 2.75) is 51.5 Å². The summed E-state index contributed by atoms with van der Waals surface area (Å²) in [6, 6.07) is -0.709. The molecule has 0 aromatic carbocycles. The Kier molecular flexibility index (Phi) is 4.22. The topological polar surface area (TPSA) is 63.7 Å². The number of hydrogen-bond acceptors (Lipinski definition) is 4. The Morgan fingerprint density at radius 2 is 1.89 bits per heavy atom. The highest BCUT2D eigenvalue weighted by atomic mass is 16.5. The molecule has 2 rings (SSSR count). The Hall–Kier alpha value is -1.39. The number of rotatable bonds is 2. The molecule has 106 valence electrons. The van der Waals surface area contributed by atoms with Gasteiger partial charge in [-0.1, -0.05) is 19.8 Å². The lowest BCUT2D eigenvalue weighted by Crippen LogP contribution is -2.47. The van der Waals surface area contributed by atoms with E-state index < -0.39 is 12.0 Å². The van der Waals surface area contributed by atoms with Crippen molar-refractivity contribution in [2.75, 3.05) is 7.11 Å². The van der Waals surface area contributed by atoms with Crippen LogP contribution in [0.3, 0.4) is 0 Å². The molecule has 0 spiro atoms. The van der Waals surface area contributed by atoms with Crippen molar-refractivity contribution in [1.82, 2.24) is 4.90 Å². The van der Waals surface area contributed by atoms with Crippen molar-refractivity contribution in [3.8, 4) is 0 Å². The van der Waals surface area contributed by atoms with E-state index in [0.717, 1.165) is 30.6 Å². The van der Waals surface area contributed by atoms with Gasteiger partial charge in [-0.25, -0.2) is 4.79 Å². The third-order valence-corrected chi connectivity index (χ3v) is 4.35. The Bertz CT molecular complexity index is 393. The second-order valence-corrected chi connectivity index (χ2v) is 5.55. The SMILES string of the molecule is COC(=O)[C@@H]1CCC(=O)N1C(=O)[C@H]1CCCC[C@H]1C. The first-order chi connectivity index (χ1) is 9.06. The molecule has 19 heavy (non-hydrogen) atoms. The lowest BCUT2D eigenvalue weighted by atomic mass is 9.79. The van der Waals surface area contributed by atoms with Gasteiger partial charge in [0.25, 0.3) is 0 Å². The van der Waals surface area contributed by atoms with Crippen LogP contribution in [-0.4, -0.2) is 35.8 Å². The second-order valence-electron chi connectivity index (χ2n) is 5.55. The van der Waals surface area contributed by atoms with Gasteiger partial charge in [0.15, 0.2) is 0 Å². The number of ether oxygens (including phenoxy) is 1. The average molecular weight is 267 g/mol. The van der Waals surface area contributed by atoms with Crippen LogP contribution in [0.2, 0.25) is 0 Å². The maximum absolute atomic E-state index is 12.5. The summed E-state index contributed by atoms with van der Waals surface area (Å²) in [5.74, 6) is -0.734. The number of esters is 1. The fourth-order valence-corrected chi connectivity index (χ4v) is 3.18. The van der Waals surface area contributed by atoms with E-state index in [-0.39, 0.29) is 30.1 Å². The normalized spacial score (nSPS) is 31.4. The standard InChI is InChI=1S/C14H21NO4/c1-9-5-3-4-6-10(9)13(17)15-11(14(18)19-2)7-8-12(15)16/h9-11H,3-8H2,1-2H3/t9-,10+,11+/m1/s1. The van der Waals surface area contributed by atoms with E-state index in [0.29, 0.717) is 6.42 Å². The summed E-state index contributed by atoms with van der Waals surface area (Å²) in [4.78, 5) is 37.3. The maximum Gasteiger partial charge on any atom is 0.329 e. The van der Waals surface area contributed by atoms with Crippen LogP contribution in [0.1, 0.15) is 45.4 Å². The van der Waals surface area contributed by atoms with Gasteiger partial charge in [-0.05, 0) is 25.2 Å². The van der Waals surface area contributed by atoms with Gasteiger partial charge in [0.1, 0.15) is 6.04 Å². The first-order valence-corrected chi connectivity index (χ1v) is 7.00. The minimum absolute atomic E-state index is 0.122. The van der Waals surface area contributed by atoms with E-state index in [4.69, 9.17) is 4.74 Å². The summed E-state index contributed by atoms with van der Waals surface area (Å²) in [6.45, 7) is 2.05. The molecule has 0 bridgehead atoms. The minimum Gasteiger partial charge on any atom is -0.467 e. The first-order valence-electron chi connectivity index (χ1n) is 7.00. The predicted molar refractivity (Wildman–Crippen MR) is 68.0 cm³/mol. The number of imide groups is 1. The molecule has 1 saturated heterocycles. The van der Waals surface area contributed by atoms with E-state index in [1.54, 1.807) is 0 Å². The largest absolute Gasteiger partial charge is 0.467 e. The molecule has 1 heterocycles. The van der Waals surface area contributed by atoms with Crippen molar-refractivity contribution in [3.05, 3.63) is 0 Å². The molecule has 2 aliphatic rings. The quantitative estimate of drug-likeness (QED) is 0.562. The van der Waals surface area contributed by atoms with E-state index in [9.17, 15) is 14.4 Å². The number of nitrogens with zero attached hydrogens (tertiary/aromatic N) is 1. The number of hydrogen-bond donors (Lipinski definition) is 0. The molecular formula is C14H21NO4. The van der Waals surface area contributed by atoms with Crippen LogP contribution in [0.25, 0.3) is 0 Å². The maximum atomic E-state index is 12.5. The molecule has 0 N–H and O–H groups in total. The Morgan fingerprint density at radius 1 is 1.21 bits per heavy atom. The lowest BCUT2D eigenvalue weighted by molar-refractivity contribution is -0.158. The minimum atomic E-state index is -0.709. The third kappa shape index (κ3) is 2.65. The molecule has 5 heteroatoms. The molecule has 2 fully saturated rings. The highest BCUT2D eigenvalue weighted by Crippen LogP contribution is 2.33. The van der Waals surface area contributed by atoms with Crippen LogP contribution >= 0.6 is 0 Å². The molecule has 3 atom stereocenters. The molecule has 1 aliphatic carbocycles. The van der Waals surface area contributed by atoms with Crippen molar-refractivity contribution >= 4 is 17.8 Å². The molecular weight excluding hydrogens is 246 g/mol. The molecule has 0 aromatic rings. The molecule has 5 nitrogen and oxygen atoms in total.